The Morgan fingerprint density at radius 1 is 1.20 bits per heavy atom. The molecule has 1 heterocycles. The summed E-state index contributed by atoms with van der Waals surface area (Å²) in [7, 11) is 1.62. The molecule has 25 heavy (non-hydrogen) atoms. The fourth-order valence-corrected chi connectivity index (χ4v) is 2.88. The van der Waals surface area contributed by atoms with Gasteiger partial charge in [-0.05, 0) is 48.8 Å². The van der Waals surface area contributed by atoms with Crippen LogP contribution in [0.15, 0.2) is 53.3 Å². The molecule has 128 valence electrons. The second-order valence-corrected chi connectivity index (χ2v) is 6.29. The number of rotatable bonds is 5. The topological polar surface area (TPSA) is 66.9 Å². The highest BCUT2D eigenvalue weighted by atomic mass is 32.1. The van der Waals surface area contributed by atoms with E-state index >= 15 is 0 Å². The number of carbonyl (C=O) groups is 1. The Morgan fingerprint density at radius 2 is 1.96 bits per heavy atom. The molecule has 3 rings (SSSR count). The molecule has 0 radical (unpaired) electrons. The summed E-state index contributed by atoms with van der Waals surface area (Å²) in [6.45, 7) is 0.596. The van der Waals surface area contributed by atoms with Gasteiger partial charge >= 0.3 is 0 Å². The van der Waals surface area contributed by atoms with E-state index in [1.807, 2.05) is 18.2 Å². The third-order valence-electron chi connectivity index (χ3n) is 4.13. The summed E-state index contributed by atoms with van der Waals surface area (Å²) in [5.41, 5.74) is 2.16. The van der Waals surface area contributed by atoms with Gasteiger partial charge in [-0.3, -0.25) is 14.2 Å². The Hall–Kier alpha value is -2.73. The van der Waals surface area contributed by atoms with Gasteiger partial charge in [0.1, 0.15) is 0 Å². The molecule has 6 heteroatoms. The molecule has 1 aromatic heterocycles. The fraction of sp³-hybridized carbons (Fsp3) is 0.211. The summed E-state index contributed by atoms with van der Waals surface area (Å²) in [4.78, 5) is 27.4. The number of hydrogen-bond donors (Lipinski definition) is 2. The molecule has 5 nitrogen and oxygen atoms in total. The van der Waals surface area contributed by atoms with Crippen molar-refractivity contribution in [3.05, 3.63) is 74.8 Å². The summed E-state index contributed by atoms with van der Waals surface area (Å²) in [5.74, 6) is -0.157. The number of amides is 1. The minimum atomic E-state index is -0.173. The molecular weight excluding hydrogens is 334 g/mol. The molecular formula is C19H19N3O2S. The van der Waals surface area contributed by atoms with E-state index in [1.54, 1.807) is 25.2 Å². The number of aryl methyl sites for hydroxylation is 1. The van der Waals surface area contributed by atoms with E-state index in [0.717, 1.165) is 12.8 Å². The highest BCUT2D eigenvalue weighted by Crippen LogP contribution is 2.10. The second-order valence-electron chi connectivity index (χ2n) is 5.90. The standard InChI is InChI=1S/C19H19N3O2S/c1-22-18(24)15-10-9-14(12-16(15)21-19(22)25)17(23)20-11-5-8-13-6-3-2-4-7-13/h2-4,6-7,9-10,12H,5,8,11H2,1H3,(H,20,23)(H,21,25). The molecule has 1 amide bonds. The zero-order chi connectivity index (χ0) is 17.8. The summed E-state index contributed by atoms with van der Waals surface area (Å²) in [5, 5.41) is 3.42. The lowest BCUT2D eigenvalue weighted by atomic mass is 10.1. The van der Waals surface area contributed by atoms with E-state index in [0.29, 0.717) is 27.8 Å². The maximum atomic E-state index is 12.3. The summed E-state index contributed by atoms with van der Waals surface area (Å²) in [6.07, 6.45) is 1.79. The average molecular weight is 353 g/mol. The van der Waals surface area contributed by atoms with Crippen molar-refractivity contribution in [2.45, 2.75) is 12.8 Å². The Morgan fingerprint density at radius 3 is 2.72 bits per heavy atom. The van der Waals surface area contributed by atoms with Crippen LogP contribution < -0.4 is 10.9 Å². The molecule has 0 aliphatic carbocycles. The van der Waals surface area contributed by atoms with Crippen molar-refractivity contribution < 1.29 is 4.79 Å². The zero-order valence-corrected chi connectivity index (χ0v) is 14.7. The van der Waals surface area contributed by atoms with Crippen molar-refractivity contribution in [3.8, 4) is 0 Å². The lowest BCUT2D eigenvalue weighted by Gasteiger charge is -2.07. The van der Waals surface area contributed by atoms with E-state index in [1.165, 1.54) is 10.1 Å². The average Bonchev–Trinajstić information content (AvgIpc) is 2.63. The smallest absolute Gasteiger partial charge is 0.261 e. The molecule has 2 N–H and O–H groups in total. The van der Waals surface area contributed by atoms with Gasteiger partial charge in [0.2, 0.25) is 0 Å². The number of H-pyrrole nitrogens is 1. The van der Waals surface area contributed by atoms with Crippen molar-refractivity contribution in [1.82, 2.24) is 14.9 Å². The number of benzene rings is 2. The molecule has 3 aromatic rings. The molecule has 0 saturated heterocycles. The van der Waals surface area contributed by atoms with Crippen LogP contribution in [0.1, 0.15) is 22.3 Å². The van der Waals surface area contributed by atoms with Crippen molar-refractivity contribution >= 4 is 29.0 Å². The first kappa shape index (κ1) is 17.1. The quantitative estimate of drug-likeness (QED) is 0.547. The lowest BCUT2D eigenvalue weighted by Crippen LogP contribution is -2.25. The van der Waals surface area contributed by atoms with E-state index < -0.39 is 0 Å². The predicted octanol–water partition coefficient (Wildman–Crippen LogP) is 2.96. The molecule has 0 aliphatic heterocycles. The minimum Gasteiger partial charge on any atom is -0.352 e. The number of fused-ring (bicyclic) bond motifs is 1. The first-order valence-electron chi connectivity index (χ1n) is 8.11. The minimum absolute atomic E-state index is 0.157. The van der Waals surface area contributed by atoms with Crippen LogP contribution in [0.3, 0.4) is 0 Å². The number of nitrogens with one attached hydrogen (secondary N) is 2. The maximum Gasteiger partial charge on any atom is 0.261 e. The Balaban J connectivity index is 1.67. The van der Waals surface area contributed by atoms with Crippen LogP contribution in [0.5, 0.6) is 0 Å². The van der Waals surface area contributed by atoms with E-state index in [4.69, 9.17) is 12.2 Å². The number of hydrogen-bond acceptors (Lipinski definition) is 3. The lowest BCUT2D eigenvalue weighted by molar-refractivity contribution is 0.0953. The van der Waals surface area contributed by atoms with E-state index in [2.05, 4.69) is 22.4 Å². The Kier molecular flexibility index (Phi) is 5.09. The van der Waals surface area contributed by atoms with Gasteiger partial charge in [0, 0.05) is 19.2 Å². The van der Waals surface area contributed by atoms with Crippen LogP contribution in [0.2, 0.25) is 0 Å². The molecule has 2 aromatic carbocycles. The van der Waals surface area contributed by atoms with E-state index in [-0.39, 0.29) is 11.5 Å². The van der Waals surface area contributed by atoms with Crippen LogP contribution in [0.25, 0.3) is 10.9 Å². The van der Waals surface area contributed by atoms with Gasteiger partial charge in [0.05, 0.1) is 10.9 Å². The SMILES string of the molecule is Cn1c(=S)[nH]c2cc(C(=O)NCCCc3ccccc3)ccc2c1=O. The zero-order valence-electron chi connectivity index (χ0n) is 13.9. The molecule has 0 aliphatic rings. The third kappa shape index (κ3) is 3.85. The van der Waals surface area contributed by atoms with Crippen LogP contribution in [0, 0.1) is 4.77 Å². The summed E-state index contributed by atoms with van der Waals surface area (Å²) >= 11 is 5.12. The van der Waals surface area contributed by atoms with Crippen molar-refractivity contribution in [2.24, 2.45) is 7.05 Å². The van der Waals surface area contributed by atoms with Crippen LogP contribution in [-0.4, -0.2) is 22.0 Å². The monoisotopic (exact) mass is 353 g/mol. The molecule has 0 fully saturated rings. The number of nitrogens with zero attached hydrogens (tertiary/aromatic N) is 1. The largest absolute Gasteiger partial charge is 0.352 e. The number of carbonyl (C=O) groups excluding carboxylic acids is 1. The van der Waals surface area contributed by atoms with Crippen molar-refractivity contribution in [3.63, 3.8) is 0 Å². The van der Waals surface area contributed by atoms with Gasteiger partial charge in [-0.1, -0.05) is 30.3 Å². The first-order valence-corrected chi connectivity index (χ1v) is 8.52. The van der Waals surface area contributed by atoms with Crippen molar-refractivity contribution in [2.75, 3.05) is 6.54 Å². The van der Waals surface area contributed by atoms with Crippen LogP contribution >= 0.6 is 12.2 Å². The fourth-order valence-electron chi connectivity index (χ4n) is 2.69. The van der Waals surface area contributed by atoms with Gasteiger partial charge in [-0.15, -0.1) is 0 Å². The van der Waals surface area contributed by atoms with Gasteiger partial charge in [-0.25, -0.2) is 0 Å². The molecule has 0 bridgehead atoms. The van der Waals surface area contributed by atoms with Crippen LogP contribution in [-0.2, 0) is 13.5 Å². The number of aromatic amines is 1. The first-order chi connectivity index (χ1) is 12.1. The molecule has 0 atom stereocenters. The highest BCUT2D eigenvalue weighted by molar-refractivity contribution is 7.71. The van der Waals surface area contributed by atoms with Gasteiger partial charge < -0.3 is 10.3 Å². The third-order valence-corrected chi connectivity index (χ3v) is 4.51. The Labute approximate surface area is 150 Å². The van der Waals surface area contributed by atoms with Gasteiger partial charge in [-0.2, -0.15) is 0 Å². The van der Waals surface area contributed by atoms with Gasteiger partial charge in [0.25, 0.3) is 11.5 Å². The summed E-state index contributed by atoms with van der Waals surface area (Å²) < 4.78 is 1.71. The number of aromatic nitrogens is 2. The normalized spacial score (nSPS) is 10.8. The predicted molar refractivity (Wildman–Crippen MR) is 101 cm³/mol. The van der Waals surface area contributed by atoms with Crippen molar-refractivity contribution in [1.29, 1.82) is 0 Å². The maximum absolute atomic E-state index is 12.3. The molecule has 0 saturated carbocycles. The molecule has 0 spiro atoms. The molecule has 0 unspecified atom stereocenters. The second kappa shape index (κ2) is 7.44. The van der Waals surface area contributed by atoms with E-state index in [9.17, 15) is 9.59 Å². The van der Waals surface area contributed by atoms with Crippen LogP contribution in [0.4, 0.5) is 0 Å². The van der Waals surface area contributed by atoms with Gasteiger partial charge in [0.15, 0.2) is 4.77 Å². The highest BCUT2D eigenvalue weighted by Gasteiger charge is 2.09. The summed E-state index contributed by atoms with van der Waals surface area (Å²) in [6, 6.07) is 15.1. The Bertz CT molecular complexity index is 1020.